The molecule has 0 unspecified atom stereocenters. The molecule has 0 radical (unpaired) electrons. The van der Waals surface area contributed by atoms with E-state index >= 15 is 0 Å². The van der Waals surface area contributed by atoms with E-state index in [9.17, 15) is 9.59 Å². The van der Waals surface area contributed by atoms with Gasteiger partial charge in [0.05, 0.1) is 11.3 Å². The van der Waals surface area contributed by atoms with Crippen LogP contribution in [0.25, 0.3) is 5.57 Å². The average molecular weight is 402 g/mol. The Bertz CT molecular complexity index is 902. The number of imide groups is 1. The zero-order chi connectivity index (χ0) is 19.0. The smallest absolute Gasteiger partial charge is 0.282 e. The number of hydrogen-bond acceptors (Lipinski definition) is 5. The summed E-state index contributed by atoms with van der Waals surface area (Å²) in [6.45, 7) is 6.37. The standard InChI is InChI=1S/C20H20ClN3O2S/c1-2-22-8-10-23(11-9-22)18-17(16-7-4-12-27-16)19(25)24(20(18)26)15-6-3-5-14(21)13-15/h3-7,12-13H,2,8-11H2,1H3. The van der Waals surface area contributed by atoms with Crippen molar-refractivity contribution in [1.82, 2.24) is 9.80 Å². The van der Waals surface area contributed by atoms with Crippen LogP contribution in [0.5, 0.6) is 0 Å². The second kappa shape index (κ2) is 7.46. The minimum absolute atomic E-state index is 0.268. The van der Waals surface area contributed by atoms with Crippen molar-refractivity contribution in [3.05, 3.63) is 57.4 Å². The summed E-state index contributed by atoms with van der Waals surface area (Å²) < 4.78 is 0. The molecule has 0 N–H and O–H groups in total. The van der Waals surface area contributed by atoms with E-state index in [0.29, 0.717) is 22.0 Å². The highest BCUT2D eigenvalue weighted by Crippen LogP contribution is 2.37. The molecular formula is C20H20ClN3O2S. The Balaban J connectivity index is 1.75. The Kier molecular flexibility index (Phi) is 5.04. The number of thiophene rings is 1. The fourth-order valence-corrected chi connectivity index (χ4v) is 4.54. The number of nitrogens with zero attached hydrogens (tertiary/aromatic N) is 3. The Morgan fingerprint density at radius 1 is 1.04 bits per heavy atom. The molecule has 1 saturated heterocycles. The van der Waals surface area contributed by atoms with Crippen LogP contribution < -0.4 is 4.90 Å². The van der Waals surface area contributed by atoms with Gasteiger partial charge in [0.2, 0.25) is 0 Å². The fourth-order valence-electron chi connectivity index (χ4n) is 3.59. The molecule has 2 amide bonds. The van der Waals surface area contributed by atoms with Crippen molar-refractivity contribution >= 4 is 46.0 Å². The van der Waals surface area contributed by atoms with Crippen LogP contribution in [-0.4, -0.2) is 54.3 Å². The van der Waals surface area contributed by atoms with Gasteiger partial charge in [-0.2, -0.15) is 0 Å². The molecule has 140 valence electrons. The van der Waals surface area contributed by atoms with Crippen molar-refractivity contribution in [3.63, 3.8) is 0 Å². The maximum atomic E-state index is 13.3. The fraction of sp³-hybridized carbons (Fsp3) is 0.300. The third kappa shape index (κ3) is 3.29. The number of carbonyl (C=O) groups is 2. The summed E-state index contributed by atoms with van der Waals surface area (Å²) in [6.07, 6.45) is 0. The minimum atomic E-state index is -0.280. The predicted octanol–water partition coefficient (Wildman–Crippen LogP) is 3.32. The number of anilines is 1. The molecule has 0 aliphatic carbocycles. The Hall–Kier alpha value is -2.15. The quantitative estimate of drug-likeness (QED) is 0.737. The van der Waals surface area contributed by atoms with Gasteiger partial charge in [-0.05, 0) is 36.2 Å². The van der Waals surface area contributed by atoms with Gasteiger partial charge in [-0.15, -0.1) is 11.3 Å². The van der Waals surface area contributed by atoms with Crippen LogP contribution in [0.2, 0.25) is 5.02 Å². The van der Waals surface area contributed by atoms with Crippen molar-refractivity contribution in [2.24, 2.45) is 0 Å². The van der Waals surface area contributed by atoms with Gasteiger partial charge in [0, 0.05) is 36.1 Å². The summed E-state index contributed by atoms with van der Waals surface area (Å²) in [6, 6.07) is 10.7. The lowest BCUT2D eigenvalue weighted by Crippen LogP contribution is -2.47. The van der Waals surface area contributed by atoms with Crippen LogP contribution in [0.1, 0.15) is 11.8 Å². The lowest BCUT2D eigenvalue weighted by molar-refractivity contribution is -0.120. The van der Waals surface area contributed by atoms with Crippen LogP contribution in [0.4, 0.5) is 5.69 Å². The first-order chi connectivity index (χ1) is 13.1. The Morgan fingerprint density at radius 2 is 1.81 bits per heavy atom. The summed E-state index contributed by atoms with van der Waals surface area (Å²) in [5.74, 6) is -0.548. The van der Waals surface area contributed by atoms with Gasteiger partial charge in [-0.1, -0.05) is 30.7 Å². The maximum Gasteiger partial charge on any atom is 0.282 e. The molecular weight excluding hydrogens is 382 g/mol. The van der Waals surface area contributed by atoms with Crippen LogP contribution in [0.3, 0.4) is 0 Å². The second-order valence-corrected chi connectivity index (χ2v) is 7.93. The van der Waals surface area contributed by atoms with Gasteiger partial charge in [0.1, 0.15) is 5.70 Å². The van der Waals surface area contributed by atoms with Crippen LogP contribution in [0, 0.1) is 0 Å². The van der Waals surface area contributed by atoms with Crippen molar-refractivity contribution in [1.29, 1.82) is 0 Å². The van der Waals surface area contributed by atoms with Gasteiger partial charge in [-0.25, -0.2) is 4.90 Å². The number of halogens is 1. The summed E-state index contributed by atoms with van der Waals surface area (Å²) >= 11 is 7.57. The molecule has 1 fully saturated rings. The molecule has 0 bridgehead atoms. The number of rotatable bonds is 4. The molecule has 0 spiro atoms. The van der Waals surface area contributed by atoms with Gasteiger partial charge in [0.25, 0.3) is 11.8 Å². The first-order valence-corrected chi connectivity index (χ1v) is 10.3. The molecule has 1 aromatic heterocycles. The van der Waals surface area contributed by atoms with Crippen molar-refractivity contribution in [3.8, 4) is 0 Å². The average Bonchev–Trinajstić information content (AvgIpc) is 3.28. The molecule has 2 aliphatic rings. The zero-order valence-corrected chi connectivity index (χ0v) is 16.6. The van der Waals surface area contributed by atoms with Gasteiger partial charge < -0.3 is 9.80 Å². The van der Waals surface area contributed by atoms with E-state index < -0.39 is 0 Å². The molecule has 2 aliphatic heterocycles. The number of benzene rings is 1. The van der Waals surface area contributed by atoms with E-state index in [4.69, 9.17) is 11.6 Å². The first kappa shape index (κ1) is 18.2. The third-order valence-corrected chi connectivity index (χ3v) is 6.15. The molecule has 7 heteroatoms. The molecule has 27 heavy (non-hydrogen) atoms. The normalized spacial score (nSPS) is 18.7. The van der Waals surface area contributed by atoms with Gasteiger partial charge in [0.15, 0.2) is 0 Å². The highest BCUT2D eigenvalue weighted by molar-refractivity contribution is 7.11. The number of hydrogen-bond donors (Lipinski definition) is 0. The largest absolute Gasteiger partial charge is 0.364 e. The predicted molar refractivity (Wildman–Crippen MR) is 109 cm³/mol. The maximum absolute atomic E-state index is 13.3. The lowest BCUT2D eigenvalue weighted by atomic mass is 10.1. The van der Waals surface area contributed by atoms with E-state index in [-0.39, 0.29) is 11.8 Å². The minimum Gasteiger partial charge on any atom is -0.364 e. The van der Waals surface area contributed by atoms with Crippen LogP contribution in [0.15, 0.2) is 47.5 Å². The molecule has 5 nitrogen and oxygen atoms in total. The molecule has 0 atom stereocenters. The lowest BCUT2D eigenvalue weighted by Gasteiger charge is -2.35. The third-order valence-electron chi connectivity index (χ3n) is 5.03. The Morgan fingerprint density at radius 3 is 2.44 bits per heavy atom. The first-order valence-electron chi connectivity index (χ1n) is 9.00. The number of amides is 2. The van der Waals surface area contributed by atoms with Crippen LogP contribution >= 0.6 is 22.9 Å². The van der Waals surface area contributed by atoms with Crippen LogP contribution in [-0.2, 0) is 9.59 Å². The topological polar surface area (TPSA) is 43.9 Å². The zero-order valence-electron chi connectivity index (χ0n) is 15.0. The van der Waals surface area contributed by atoms with E-state index in [1.54, 1.807) is 24.3 Å². The molecule has 1 aromatic carbocycles. The summed E-state index contributed by atoms with van der Waals surface area (Å²) in [5.41, 5.74) is 1.52. The van der Waals surface area contributed by atoms with Gasteiger partial charge >= 0.3 is 0 Å². The summed E-state index contributed by atoms with van der Waals surface area (Å²) in [5, 5.41) is 2.42. The molecule has 0 saturated carbocycles. The number of piperazine rings is 1. The molecule has 3 heterocycles. The molecule has 2 aromatic rings. The van der Waals surface area contributed by atoms with E-state index in [2.05, 4.69) is 16.7 Å². The number of carbonyl (C=O) groups excluding carboxylic acids is 2. The number of likely N-dealkylation sites (N-methyl/N-ethyl adjacent to an activating group) is 1. The van der Waals surface area contributed by atoms with Crippen molar-refractivity contribution in [2.75, 3.05) is 37.6 Å². The second-order valence-electron chi connectivity index (χ2n) is 6.55. The van der Waals surface area contributed by atoms with Crippen molar-refractivity contribution < 1.29 is 9.59 Å². The highest BCUT2D eigenvalue weighted by Gasteiger charge is 2.43. The van der Waals surface area contributed by atoms with E-state index in [1.165, 1.54) is 16.2 Å². The highest BCUT2D eigenvalue weighted by atomic mass is 35.5. The molecule has 4 rings (SSSR count). The van der Waals surface area contributed by atoms with E-state index in [0.717, 1.165) is 37.6 Å². The Labute approximate surface area is 167 Å². The van der Waals surface area contributed by atoms with Gasteiger partial charge in [-0.3, -0.25) is 9.59 Å². The SMILES string of the molecule is CCN1CCN(C2=C(c3cccs3)C(=O)N(c3cccc(Cl)c3)C2=O)CC1. The van der Waals surface area contributed by atoms with E-state index in [1.807, 2.05) is 17.5 Å². The summed E-state index contributed by atoms with van der Waals surface area (Å²) in [4.78, 5) is 33.1. The summed E-state index contributed by atoms with van der Waals surface area (Å²) in [7, 11) is 0. The monoisotopic (exact) mass is 401 g/mol. The van der Waals surface area contributed by atoms with Crippen molar-refractivity contribution in [2.45, 2.75) is 6.92 Å².